The van der Waals surface area contributed by atoms with Gasteiger partial charge in [0.15, 0.2) is 0 Å². The molecule has 0 bridgehead atoms. The second kappa shape index (κ2) is 8.10. The Balaban J connectivity index is 2.33. The molecule has 1 aliphatic heterocycles. The second-order valence-electron chi connectivity index (χ2n) is 5.16. The van der Waals surface area contributed by atoms with Gasteiger partial charge >= 0.3 is 0 Å². The van der Waals surface area contributed by atoms with E-state index in [9.17, 15) is 14.7 Å². The van der Waals surface area contributed by atoms with Gasteiger partial charge in [-0.05, 0) is 46.0 Å². The van der Waals surface area contributed by atoms with E-state index >= 15 is 0 Å². The number of aliphatic hydroxyl groups is 1. The number of amides is 1. The Morgan fingerprint density at radius 2 is 2.16 bits per heavy atom. The van der Waals surface area contributed by atoms with E-state index in [2.05, 4.69) is 6.08 Å². The van der Waals surface area contributed by atoms with Crippen molar-refractivity contribution in [2.45, 2.75) is 58.6 Å². The van der Waals surface area contributed by atoms with Crippen LogP contribution in [0.5, 0.6) is 0 Å². The zero-order valence-corrected chi connectivity index (χ0v) is 12.0. The summed E-state index contributed by atoms with van der Waals surface area (Å²) in [5.41, 5.74) is 0. The van der Waals surface area contributed by atoms with E-state index in [0.717, 1.165) is 25.7 Å². The lowest BCUT2D eigenvalue weighted by Gasteiger charge is -2.23. The van der Waals surface area contributed by atoms with Crippen LogP contribution in [0.3, 0.4) is 0 Å². The maximum atomic E-state index is 12.1. The highest BCUT2D eigenvalue weighted by molar-refractivity contribution is 6.01. The Kier molecular flexibility index (Phi) is 6.78. The zero-order chi connectivity index (χ0) is 14.3. The Bertz CT molecular complexity index is 338. The van der Waals surface area contributed by atoms with E-state index in [1.165, 1.54) is 4.90 Å². The van der Waals surface area contributed by atoms with Crippen molar-refractivity contribution in [1.29, 1.82) is 0 Å². The highest BCUT2D eigenvalue weighted by atomic mass is 16.3. The number of Topliss-reactive ketones (excluding diaryl/α,β-unsaturated/α-hetero) is 1. The van der Waals surface area contributed by atoms with E-state index in [1.807, 2.05) is 13.0 Å². The van der Waals surface area contributed by atoms with Gasteiger partial charge in [-0.25, -0.2) is 0 Å². The van der Waals surface area contributed by atoms with Crippen molar-refractivity contribution >= 4 is 11.7 Å². The Morgan fingerprint density at radius 1 is 1.42 bits per heavy atom. The summed E-state index contributed by atoms with van der Waals surface area (Å²) >= 11 is 0. The van der Waals surface area contributed by atoms with Crippen molar-refractivity contribution in [2.24, 2.45) is 5.92 Å². The topological polar surface area (TPSA) is 57.6 Å². The van der Waals surface area contributed by atoms with Crippen LogP contribution in [0.25, 0.3) is 0 Å². The van der Waals surface area contributed by atoms with Crippen LogP contribution in [0.2, 0.25) is 0 Å². The van der Waals surface area contributed by atoms with Crippen molar-refractivity contribution in [3.63, 3.8) is 0 Å². The lowest BCUT2D eigenvalue weighted by molar-refractivity contribution is -0.145. The van der Waals surface area contributed by atoms with Crippen LogP contribution < -0.4 is 0 Å². The van der Waals surface area contributed by atoms with Crippen molar-refractivity contribution in [3.8, 4) is 0 Å². The first-order chi connectivity index (χ1) is 9.07. The first-order valence-electron chi connectivity index (χ1n) is 7.20. The maximum absolute atomic E-state index is 12.1. The van der Waals surface area contributed by atoms with Gasteiger partial charge in [0.1, 0.15) is 12.0 Å². The van der Waals surface area contributed by atoms with Crippen molar-refractivity contribution in [2.75, 3.05) is 6.54 Å². The van der Waals surface area contributed by atoms with Crippen LogP contribution in [-0.4, -0.2) is 34.5 Å². The quantitative estimate of drug-likeness (QED) is 0.437. The number of aliphatic hydroxyl groups excluding tert-OH is 1. The number of carbonyl (C=O) groups excluding carboxylic acids is 2. The third-order valence-electron chi connectivity index (χ3n) is 3.64. The van der Waals surface area contributed by atoms with E-state index in [-0.39, 0.29) is 11.7 Å². The van der Waals surface area contributed by atoms with Gasteiger partial charge in [-0.3, -0.25) is 9.59 Å². The monoisotopic (exact) mass is 267 g/mol. The maximum Gasteiger partial charge on any atom is 0.234 e. The summed E-state index contributed by atoms with van der Waals surface area (Å²) in [5.74, 6) is -0.845. The number of likely N-dealkylation sites (tertiary alicyclic amines) is 1. The van der Waals surface area contributed by atoms with Crippen LogP contribution >= 0.6 is 0 Å². The Morgan fingerprint density at radius 3 is 2.74 bits per heavy atom. The van der Waals surface area contributed by atoms with Gasteiger partial charge in [-0.2, -0.15) is 0 Å². The predicted octanol–water partition coefficient (Wildman–Crippen LogP) is 2.27. The molecule has 4 heteroatoms. The average molecular weight is 267 g/mol. The molecule has 0 aliphatic carbocycles. The summed E-state index contributed by atoms with van der Waals surface area (Å²) in [5, 5.41) is 9.65. The molecule has 0 radical (unpaired) electrons. The highest BCUT2D eigenvalue weighted by Crippen LogP contribution is 2.19. The predicted molar refractivity (Wildman–Crippen MR) is 74.4 cm³/mol. The average Bonchev–Trinajstić information content (AvgIpc) is 2.82. The summed E-state index contributed by atoms with van der Waals surface area (Å²) in [7, 11) is 0. The minimum atomic E-state index is -0.697. The van der Waals surface area contributed by atoms with Crippen molar-refractivity contribution in [3.05, 3.63) is 12.2 Å². The number of carbonyl (C=O) groups is 2. The minimum absolute atomic E-state index is 0.00965. The van der Waals surface area contributed by atoms with Crippen LogP contribution in [0, 0.1) is 5.92 Å². The largest absolute Gasteiger partial charge is 0.374 e. The third kappa shape index (κ3) is 4.78. The number of nitrogens with zero attached hydrogens (tertiary/aromatic N) is 1. The lowest BCUT2D eigenvalue weighted by atomic mass is 9.99. The molecule has 1 aliphatic rings. The first-order valence-corrected chi connectivity index (χ1v) is 7.20. The Labute approximate surface area is 115 Å². The SMILES string of the molecule is C/C=C/CCCCC(=O)C(C)C(=O)N1CCC[C@H]1O. The molecule has 19 heavy (non-hydrogen) atoms. The fourth-order valence-corrected chi connectivity index (χ4v) is 2.34. The zero-order valence-electron chi connectivity index (χ0n) is 12.0. The third-order valence-corrected chi connectivity index (χ3v) is 3.64. The molecule has 1 unspecified atom stereocenters. The van der Waals surface area contributed by atoms with Crippen LogP contribution in [0.1, 0.15) is 52.4 Å². The molecule has 4 nitrogen and oxygen atoms in total. The molecule has 0 aromatic carbocycles. The number of rotatable bonds is 7. The number of ketones is 1. The summed E-state index contributed by atoms with van der Waals surface area (Å²) in [6.45, 7) is 4.20. The van der Waals surface area contributed by atoms with Crippen LogP contribution in [0.15, 0.2) is 12.2 Å². The van der Waals surface area contributed by atoms with Gasteiger partial charge in [0.25, 0.3) is 0 Å². The number of hydrogen-bond acceptors (Lipinski definition) is 3. The standard InChI is InChI=1S/C15H25NO3/c1-3-4-5-6-7-9-13(17)12(2)15(19)16-11-8-10-14(16)18/h3-4,12,14,18H,5-11H2,1-2H3/b4-3+/t12?,14-/m1/s1. The second-order valence-corrected chi connectivity index (χ2v) is 5.16. The molecule has 108 valence electrons. The molecule has 1 rings (SSSR count). The smallest absolute Gasteiger partial charge is 0.234 e. The molecule has 1 amide bonds. The van der Waals surface area contributed by atoms with E-state index < -0.39 is 12.1 Å². The highest BCUT2D eigenvalue weighted by Gasteiger charge is 2.32. The fraction of sp³-hybridized carbons (Fsp3) is 0.733. The van der Waals surface area contributed by atoms with E-state index in [4.69, 9.17) is 0 Å². The number of hydrogen-bond donors (Lipinski definition) is 1. The van der Waals surface area contributed by atoms with Gasteiger partial charge in [0.05, 0.1) is 5.92 Å². The molecule has 1 fully saturated rings. The number of unbranched alkanes of at least 4 members (excludes halogenated alkanes) is 2. The molecular formula is C15H25NO3. The van der Waals surface area contributed by atoms with Gasteiger partial charge in [0, 0.05) is 13.0 Å². The molecule has 2 atom stereocenters. The van der Waals surface area contributed by atoms with Gasteiger partial charge in [0.2, 0.25) is 5.91 Å². The molecule has 0 aromatic heterocycles. The summed E-state index contributed by atoms with van der Waals surface area (Å²) in [6.07, 6.45) is 8.06. The van der Waals surface area contributed by atoms with Gasteiger partial charge in [-0.1, -0.05) is 12.2 Å². The first kappa shape index (κ1) is 15.9. The normalized spacial score (nSPS) is 21.0. The van der Waals surface area contributed by atoms with E-state index in [0.29, 0.717) is 19.4 Å². The van der Waals surface area contributed by atoms with Crippen molar-refractivity contribution < 1.29 is 14.7 Å². The van der Waals surface area contributed by atoms with Crippen LogP contribution in [-0.2, 0) is 9.59 Å². The fourth-order valence-electron chi connectivity index (χ4n) is 2.34. The molecular weight excluding hydrogens is 242 g/mol. The van der Waals surface area contributed by atoms with Crippen LogP contribution in [0.4, 0.5) is 0 Å². The van der Waals surface area contributed by atoms with Gasteiger partial charge < -0.3 is 10.0 Å². The van der Waals surface area contributed by atoms with Crippen molar-refractivity contribution in [1.82, 2.24) is 4.90 Å². The van der Waals surface area contributed by atoms with Gasteiger partial charge in [-0.15, -0.1) is 0 Å². The molecule has 1 N–H and O–H groups in total. The lowest BCUT2D eigenvalue weighted by Crippen LogP contribution is -2.41. The number of allylic oxidation sites excluding steroid dienone is 2. The molecule has 0 saturated carbocycles. The summed E-state index contributed by atoms with van der Waals surface area (Å²) < 4.78 is 0. The Hall–Kier alpha value is -1.16. The van der Waals surface area contributed by atoms with E-state index in [1.54, 1.807) is 6.92 Å². The molecule has 1 heterocycles. The minimum Gasteiger partial charge on any atom is -0.374 e. The summed E-state index contributed by atoms with van der Waals surface area (Å²) in [6, 6.07) is 0. The molecule has 0 spiro atoms. The molecule has 0 aromatic rings. The summed E-state index contributed by atoms with van der Waals surface area (Å²) in [4.78, 5) is 25.4. The molecule has 1 saturated heterocycles.